The summed E-state index contributed by atoms with van der Waals surface area (Å²) >= 11 is 6.83. The van der Waals surface area contributed by atoms with Crippen LogP contribution in [-0.2, 0) is 13.0 Å². The number of unbranched alkanes of at least 4 members (excludes halogenated alkanes) is 1. The van der Waals surface area contributed by atoms with Crippen LogP contribution in [0.15, 0.2) is 10.9 Å². The van der Waals surface area contributed by atoms with E-state index < -0.39 is 5.79 Å². The van der Waals surface area contributed by atoms with Gasteiger partial charge in [-0.25, -0.2) is 0 Å². The standard InChI is InChI=1S/C29H40ClN3O4/c1-8-20(32(6)7)11-9-10-13-29(5)36-25-19(4)23-21(24(30)26(25)37-29)12-14-33(28(23)35)16-22-17(2)15-18(3)31-27(22)34/h15,20H,8-14,16H2,1-7H3,(H,31,34). The van der Waals surface area contributed by atoms with Gasteiger partial charge >= 0.3 is 0 Å². The molecule has 0 fully saturated rings. The Morgan fingerprint density at radius 2 is 1.86 bits per heavy atom. The lowest BCUT2D eigenvalue weighted by Crippen LogP contribution is -2.39. The lowest BCUT2D eigenvalue weighted by Gasteiger charge is -2.31. The van der Waals surface area contributed by atoms with Gasteiger partial charge in [-0.3, -0.25) is 9.59 Å². The Balaban J connectivity index is 1.52. The number of carbonyl (C=O) groups is 1. The van der Waals surface area contributed by atoms with Crippen LogP contribution in [0.2, 0.25) is 5.02 Å². The maximum Gasteiger partial charge on any atom is 0.254 e. The van der Waals surface area contributed by atoms with E-state index in [1.807, 2.05) is 33.8 Å². The molecule has 37 heavy (non-hydrogen) atoms. The number of hydrogen-bond donors (Lipinski definition) is 1. The number of hydrogen-bond acceptors (Lipinski definition) is 5. The number of rotatable bonds is 9. The molecule has 2 unspecified atom stereocenters. The lowest BCUT2D eigenvalue weighted by atomic mass is 9.93. The second-order valence-corrected chi connectivity index (χ2v) is 11.4. The first kappa shape index (κ1) is 27.5. The van der Waals surface area contributed by atoms with Crippen LogP contribution >= 0.6 is 11.6 Å². The van der Waals surface area contributed by atoms with Crippen molar-refractivity contribution in [3.63, 3.8) is 0 Å². The summed E-state index contributed by atoms with van der Waals surface area (Å²) in [5.74, 6) is 0.169. The number of pyridine rings is 1. The number of H-pyrrole nitrogens is 1. The van der Waals surface area contributed by atoms with Gasteiger partial charge in [0.05, 0.1) is 17.1 Å². The maximum absolute atomic E-state index is 13.7. The van der Waals surface area contributed by atoms with Crippen molar-refractivity contribution in [2.75, 3.05) is 20.6 Å². The molecule has 8 heteroatoms. The quantitative estimate of drug-likeness (QED) is 0.432. The number of ether oxygens (including phenoxy) is 2. The molecule has 202 valence electrons. The highest BCUT2D eigenvalue weighted by Gasteiger charge is 2.42. The van der Waals surface area contributed by atoms with E-state index in [0.29, 0.717) is 46.7 Å². The van der Waals surface area contributed by atoms with Gasteiger partial charge < -0.3 is 24.3 Å². The highest BCUT2D eigenvalue weighted by atomic mass is 35.5. The summed E-state index contributed by atoms with van der Waals surface area (Å²) in [7, 11) is 4.26. The Kier molecular flexibility index (Phi) is 7.96. The summed E-state index contributed by atoms with van der Waals surface area (Å²) in [6, 6.07) is 2.51. The Hall–Kier alpha value is -2.51. The number of benzene rings is 1. The molecule has 0 saturated heterocycles. The van der Waals surface area contributed by atoms with Crippen molar-refractivity contribution in [3.8, 4) is 11.5 Å². The molecular weight excluding hydrogens is 490 g/mol. The third kappa shape index (κ3) is 5.39. The number of fused-ring (bicyclic) bond motifs is 2. The summed E-state index contributed by atoms with van der Waals surface area (Å²) in [6.07, 6.45) is 5.66. The second kappa shape index (κ2) is 10.7. The molecule has 1 N–H and O–H groups in total. The molecule has 4 rings (SSSR count). The number of carbonyl (C=O) groups excluding carboxylic acids is 1. The summed E-state index contributed by atoms with van der Waals surface area (Å²) in [5, 5.41) is 0.468. The zero-order valence-corrected chi connectivity index (χ0v) is 24.0. The average Bonchev–Trinajstić information content (AvgIpc) is 3.18. The molecule has 0 spiro atoms. The van der Waals surface area contributed by atoms with Crippen molar-refractivity contribution < 1.29 is 14.3 Å². The van der Waals surface area contributed by atoms with E-state index >= 15 is 0 Å². The van der Waals surface area contributed by atoms with Crippen LogP contribution in [0, 0.1) is 20.8 Å². The SMILES string of the molecule is CCC(CCCCC1(C)Oc2c(C)c3c(c(Cl)c2O1)CCN(Cc1c(C)cc(C)[nH]c1=O)C3=O)N(C)C. The average molecular weight is 530 g/mol. The number of aryl methyl sites for hydroxylation is 2. The first-order valence-electron chi connectivity index (χ1n) is 13.3. The molecule has 1 aromatic heterocycles. The Labute approximate surface area is 225 Å². The molecule has 0 radical (unpaired) electrons. The van der Waals surface area contributed by atoms with Crippen LogP contribution in [0.25, 0.3) is 0 Å². The van der Waals surface area contributed by atoms with E-state index in [0.717, 1.165) is 54.5 Å². The van der Waals surface area contributed by atoms with E-state index in [2.05, 4.69) is 30.9 Å². The van der Waals surface area contributed by atoms with Crippen LogP contribution in [-0.4, -0.2) is 53.2 Å². The predicted molar refractivity (Wildman–Crippen MR) is 147 cm³/mol. The zero-order chi connectivity index (χ0) is 27.1. The molecule has 1 aromatic carbocycles. The number of nitrogens with zero attached hydrogens (tertiary/aromatic N) is 2. The van der Waals surface area contributed by atoms with Gasteiger partial charge in [-0.1, -0.05) is 24.9 Å². The number of nitrogens with one attached hydrogen (secondary N) is 1. The van der Waals surface area contributed by atoms with Crippen molar-refractivity contribution in [3.05, 3.63) is 55.0 Å². The summed E-state index contributed by atoms with van der Waals surface area (Å²) in [6.45, 7) is 10.6. The van der Waals surface area contributed by atoms with Crippen molar-refractivity contribution >= 4 is 17.5 Å². The van der Waals surface area contributed by atoms with Crippen LogP contribution in [0.4, 0.5) is 0 Å². The Bertz CT molecular complexity index is 1250. The highest BCUT2D eigenvalue weighted by molar-refractivity contribution is 6.34. The minimum absolute atomic E-state index is 0.130. The van der Waals surface area contributed by atoms with E-state index in [4.69, 9.17) is 21.1 Å². The van der Waals surface area contributed by atoms with E-state index in [-0.39, 0.29) is 18.0 Å². The number of halogens is 1. The van der Waals surface area contributed by atoms with Crippen LogP contribution in [0.3, 0.4) is 0 Å². The second-order valence-electron chi connectivity index (χ2n) is 11.0. The fourth-order valence-electron chi connectivity index (χ4n) is 5.73. The van der Waals surface area contributed by atoms with Gasteiger partial charge in [0.2, 0.25) is 5.79 Å². The topological polar surface area (TPSA) is 74.9 Å². The third-order valence-electron chi connectivity index (χ3n) is 7.92. The first-order valence-corrected chi connectivity index (χ1v) is 13.7. The third-order valence-corrected chi connectivity index (χ3v) is 8.32. The Morgan fingerprint density at radius 1 is 1.16 bits per heavy atom. The molecule has 2 aliphatic heterocycles. The van der Waals surface area contributed by atoms with Gasteiger partial charge in [0.15, 0.2) is 11.5 Å². The summed E-state index contributed by atoms with van der Waals surface area (Å²) in [5.41, 5.74) is 4.28. The molecule has 3 heterocycles. The largest absolute Gasteiger partial charge is 0.448 e. The van der Waals surface area contributed by atoms with Crippen LogP contribution < -0.4 is 15.0 Å². The van der Waals surface area contributed by atoms with E-state index in [9.17, 15) is 9.59 Å². The van der Waals surface area contributed by atoms with Gasteiger partial charge in [-0.05, 0) is 77.7 Å². The van der Waals surface area contributed by atoms with Crippen LogP contribution in [0.1, 0.15) is 84.3 Å². The van der Waals surface area contributed by atoms with Crippen molar-refractivity contribution in [2.45, 2.75) is 91.5 Å². The van der Waals surface area contributed by atoms with Crippen molar-refractivity contribution in [1.82, 2.24) is 14.8 Å². The summed E-state index contributed by atoms with van der Waals surface area (Å²) in [4.78, 5) is 33.1. The molecule has 2 aliphatic rings. The Morgan fingerprint density at radius 3 is 2.51 bits per heavy atom. The van der Waals surface area contributed by atoms with Gasteiger partial charge in [0, 0.05) is 42.8 Å². The van der Waals surface area contributed by atoms with E-state index in [1.165, 1.54) is 0 Å². The first-order chi connectivity index (χ1) is 17.5. The molecule has 1 amide bonds. The van der Waals surface area contributed by atoms with Gasteiger partial charge in [0.25, 0.3) is 11.5 Å². The molecule has 7 nitrogen and oxygen atoms in total. The zero-order valence-electron chi connectivity index (χ0n) is 23.2. The monoisotopic (exact) mass is 529 g/mol. The summed E-state index contributed by atoms with van der Waals surface area (Å²) < 4.78 is 12.7. The maximum atomic E-state index is 13.7. The fourth-order valence-corrected chi connectivity index (χ4v) is 6.04. The number of amides is 1. The smallest absolute Gasteiger partial charge is 0.254 e. The predicted octanol–water partition coefficient (Wildman–Crippen LogP) is 5.54. The molecule has 2 atom stereocenters. The van der Waals surface area contributed by atoms with Crippen molar-refractivity contribution in [2.24, 2.45) is 0 Å². The van der Waals surface area contributed by atoms with Crippen LogP contribution in [0.5, 0.6) is 11.5 Å². The van der Waals surface area contributed by atoms with Crippen molar-refractivity contribution in [1.29, 1.82) is 0 Å². The van der Waals surface area contributed by atoms with Gasteiger partial charge in [0.1, 0.15) is 0 Å². The normalized spacial score (nSPS) is 19.5. The van der Waals surface area contributed by atoms with Gasteiger partial charge in [-0.2, -0.15) is 0 Å². The minimum Gasteiger partial charge on any atom is -0.448 e. The van der Waals surface area contributed by atoms with Gasteiger partial charge in [-0.15, -0.1) is 0 Å². The fraction of sp³-hybridized carbons (Fsp3) is 0.586. The molecule has 0 bridgehead atoms. The number of aromatic amines is 1. The lowest BCUT2D eigenvalue weighted by molar-refractivity contribution is -0.0700. The molecule has 0 aliphatic carbocycles. The molecular formula is C29H40ClN3O4. The minimum atomic E-state index is -0.810. The molecule has 0 saturated carbocycles. The highest BCUT2D eigenvalue weighted by Crippen LogP contribution is 2.51. The number of aromatic nitrogens is 1. The molecule has 2 aromatic rings. The van der Waals surface area contributed by atoms with E-state index in [1.54, 1.807) is 4.90 Å².